The number of nitrogens with two attached hydrogens (primary N) is 1. The topological polar surface area (TPSA) is 64.4 Å². The number of hydrogen-bond donors (Lipinski definition) is 2. The summed E-state index contributed by atoms with van der Waals surface area (Å²) in [6, 6.07) is 17.5. The second-order valence-electron chi connectivity index (χ2n) is 6.44. The van der Waals surface area contributed by atoms with Crippen molar-refractivity contribution in [2.75, 3.05) is 11.9 Å². The molecular formula is C20H25ClN2O2. The van der Waals surface area contributed by atoms with E-state index in [0.29, 0.717) is 13.2 Å². The van der Waals surface area contributed by atoms with Crippen molar-refractivity contribution >= 4 is 24.0 Å². The van der Waals surface area contributed by atoms with Crippen LogP contribution in [0.3, 0.4) is 0 Å². The van der Waals surface area contributed by atoms with Gasteiger partial charge >= 0.3 is 0 Å². The van der Waals surface area contributed by atoms with E-state index in [0.717, 1.165) is 42.7 Å². The summed E-state index contributed by atoms with van der Waals surface area (Å²) in [7, 11) is 0. The van der Waals surface area contributed by atoms with Crippen molar-refractivity contribution in [2.24, 2.45) is 11.1 Å². The van der Waals surface area contributed by atoms with Crippen LogP contribution in [0, 0.1) is 5.41 Å². The molecule has 134 valence electrons. The van der Waals surface area contributed by atoms with Crippen LogP contribution in [0.1, 0.15) is 31.2 Å². The normalized spacial score (nSPS) is 15.2. The Morgan fingerprint density at radius 1 is 1.04 bits per heavy atom. The second-order valence-corrected chi connectivity index (χ2v) is 6.44. The fourth-order valence-electron chi connectivity index (χ4n) is 3.21. The molecule has 0 aromatic heterocycles. The molecule has 1 saturated carbocycles. The van der Waals surface area contributed by atoms with Crippen LogP contribution in [0.5, 0.6) is 5.75 Å². The van der Waals surface area contributed by atoms with Crippen molar-refractivity contribution in [1.29, 1.82) is 0 Å². The van der Waals surface area contributed by atoms with Crippen molar-refractivity contribution in [2.45, 2.75) is 32.3 Å². The summed E-state index contributed by atoms with van der Waals surface area (Å²) in [5.41, 5.74) is 7.39. The summed E-state index contributed by atoms with van der Waals surface area (Å²) >= 11 is 0. The van der Waals surface area contributed by atoms with Gasteiger partial charge in [-0.05, 0) is 42.7 Å². The number of anilines is 1. The molecule has 1 aliphatic carbocycles. The van der Waals surface area contributed by atoms with E-state index in [1.807, 2.05) is 54.6 Å². The van der Waals surface area contributed by atoms with Gasteiger partial charge in [-0.15, -0.1) is 12.4 Å². The molecule has 1 fully saturated rings. The minimum Gasteiger partial charge on any atom is -0.489 e. The maximum absolute atomic E-state index is 12.5. The molecule has 0 saturated heterocycles. The van der Waals surface area contributed by atoms with E-state index in [1.165, 1.54) is 0 Å². The monoisotopic (exact) mass is 360 g/mol. The molecule has 0 unspecified atom stereocenters. The van der Waals surface area contributed by atoms with Crippen molar-refractivity contribution in [3.63, 3.8) is 0 Å². The summed E-state index contributed by atoms with van der Waals surface area (Å²) in [4.78, 5) is 12.5. The van der Waals surface area contributed by atoms with Gasteiger partial charge in [-0.3, -0.25) is 4.79 Å². The van der Waals surface area contributed by atoms with Gasteiger partial charge in [0.2, 0.25) is 5.91 Å². The van der Waals surface area contributed by atoms with Crippen LogP contribution in [0.25, 0.3) is 0 Å². The standard InChI is InChI=1S/C20H24N2O2.ClH/c21-15-20(12-4-5-13-20)19(23)22-17-8-10-18(11-9-17)24-14-16-6-2-1-3-7-16;/h1-3,6-11H,4-5,12-15,21H2,(H,22,23);1H. The summed E-state index contributed by atoms with van der Waals surface area (Å²) < 4.78 is 5.76. The van der Waals surface area contributed by atoms with Crippen LogP contribution in [0.4, 0.5) is 5.69 Å². The van der Waals surface area contributed by atoms with E-state index in [4.69, 9.17) is 10.5 Å². The van der Waals surface area contributed by atoms with Crippen LogP contribution < -0.4 is 15.8 Å². The Bertz CT molecular complexity index is 668. The van der Waals surface area contributed by atoms with E-state index < -0.39 is 0 Å². The molecule has 0 heterocycles. The second kappa shape index (κ2) is 8.88. The first-order valence-corrected chi connectivity index (χ1v) is 8.50. The van der Waals surface area contributed by atoms with Crippen molar-refractivity contribution < 1.29 is 9.53 Å². The zero-order valence-electron chi connectivity index (χ0n) is 14.2. The Hall–Kier alpha value is -2.04. The Morgan fingerprint density at radius 3 is 2.28 bits per heavy atom. The molecule has 25 heavy (non-hydrogen) atoms. The van der Waals surface area contributed by atoms with Gasteiger partial charge < -0.3 is 15.8 Å². The zero-order chi connectivity index (χ0) is 16.8. The summed E-state index contributed by atoms with van der Waals surface area (Å²) in [5.74, 6) is 0.826. The summed E-state index contributed by atoms with van der Waals surface area (Å²) in [5, 5.41) is 3.00. The highest BCUT2D eigenvalue weighted by atomic mass is 35.5. The lowest BCUT2D eigenvalue weighted by Crippen LogP contribution is -2.40. The van der Waals surface area contributed by atoms with Crippen LogP contribution in [-0.4, -0.2) is 12.5 Å². The molecule has 0 bridgehead atoms. The van der Waals surface area contributed by atoms with E-state index in [2.05, 4.69) is 5.32 Å². The van der Waals surface area contributed by atoms with Crippen LogP contribution in [0.15, 0.2) is 54.6 Å². The molecule has 0 radical (unpaired) electrons. The number of benzene rings is 2. The minimum atomic E-state index is -0.386. The van der Waals surface area contributed by atoms with Gasteiger partial charge in [0, 0.05) is 12.2 Å². The van der Waals surface area contributed by atoms with Gasteiger partial charge in [-0.1, -0.05) is 43.2 Å². The fraction of sp³-hybridized carbons (Fsp3) is 0.350. The van der Waals surface area contributed by atoms with Crippen molar-refractivity contribution in [3.8, 4) is 5.75 Å². The molecule has 1 aliphatic rings. The maximum Gasteiger partial charge on any atom is 0.231 e. The largest absolute Gasteiger partial charge is 0.489 e. The number of nitrogens with one attached hydrogen (secondary N) is 1. The first-order valence-electron chi connectivity index (χ1n) is 8.50. The van der Waals surface area contributed by atoms with Crippen LogP contribution >= 0.6 is 12.4 Å². The Labute approximate surface area is 155 Å². The maximum atomic E-state index is 12.5. The SMILES string of the molecule is Cl.NCC1(C(=O)Nc2ccc(OCc3ccccc3)cc2)CCCC1. The molecule has 4 nitrogen and oxygen atoms in total. The van der Waals surface area contributed by atoms with E-state index >= 15 is 0 Å². The average molecular weight is 361 g/mol. The number of carbonyl (C=O) groups is 1. The molecule has 3 rings (SSSR count). The fourth-order valence-corrected chi connectivity index (χ4v) is 3.21. The molecule has 0 aliphatic heterocycles. The third-order valence-electron chi connectivity index (χ3n) is 4.79. The highest BCUT2D eigenvalue weighted by Gasteiger charge is 2.39. The zero-order valence-corrected chi connectivity index (χ0v) is 15.1. The quantitative estimate of drug-likeness (QED) is 0.813. The first kappa shape index (κ1) is 19.3. The van der Waals surface area contributed by atoms with Gasteiger partial charge in [0.05, 0.1) is 5.41 Å². The average Bonchev–Trinajstić information content (AvgIpc) is 3.12. The third-order valence-corrected chi connectivity index (χ3v) is 4.79. The molecule has 0 atom stereocenters. The van der Waals surface area contributed by atoms with E-state index in [1.54, 1.807) is 0 Å². The van der Waals surface area contributed by atoms with Crippen molar-refractivity contribution in [1.82, 2.24) is 0 Å². The Kier molecular flexibility index (Phi) is 6.85. The first-order chi connectivity index (χ1) is 11.7. The summed E-state index contributed by atoms with van der Waals surface area (Å²) in [6.45, 7) is 0.944. The number of ether oxygens (including phenoxy) is 1. The predicted molar refractivity (Wildman–Crippen MR) is 103 cm³/mol. The van der Waals surface area contributed by atoms with Crippen LogP contribution in [-0.2, 0) is 11.4 Å². The third kappa shape index (κ3) is 4.74. The number of halogens is 1. The number of carbonyl (C=O) groups excluding carboxylic acids is 1. The minimum absolute atomic E-state index is 0. The van der Waals surface area contributed by atoms with Crippen molar-refractivity contribution in [3.05, 3.63) is 60.2 Å². The predicted octanol–water partition coefficient (Wildman–Crippen LogP) is 4.15. The van der Waals surface area contributed by atoms with Crippen LogP contribution in [0.2, 0.25) is 0 Å². The molecule has 2 aromatic carbocycles. The lowest BCUT2D eigenvalue weighted by molar-refractivity contribution is -0.124. The molecule has 2 aromatic rings. The number of hydrogen-bond acceptors (Lipinski definition) is 3. The van der Waals surface area contributed by atoms with Gasteiger partial charge in [0.25, 0.3) is 0 Å². The van der Waals surface area contributed by atoms with Gasteiger partial charge in [0.15, 0.2) is 0 Å². The lowest BCUT2D eigenvalue weighted by Gasteiger charge is -2.25. The van der Waals surface area contributed by atoms with E-state index in [9.17, 15) is 4.79 Å². The van der Waals surface area contributed by atoms with E-state index in [-0.39, 0.29) is 23.7 Å². The molecule has 5 heteroatoms. The molecule has 1 amide bonds. The molecule has 0 spiro atoms. The van der Waals surface area contributed by atoms with Gasteiger partial charge in [-0.2, -0.15) is 0 Å². The smallest absolute Gasteiger partial charge is 0.231 e. The Balaban J connectivity index is 0.00000225. The Morgan fingerprint density at radius 2 is 1.68 bits per heavy atom. The van der Waals surface area contributed by atoms with Gasteiger partial charge in [-0.25, -0.2) is 0 Å². The lowest BCUT2D eigenvalue weighted by atomic mass is 9.85. The molecule has 3 N–H and O–H groups in total. The van der Waals surface area contributed by atoms with Gasteiger partial charge in [0.1, 0.15) is 12.4 Å². The molecular weight excluding hydrogens is 336 g/mol. The summed E-state index contributed by atoms with van der Waals surface area (Å²) in [6.07, 6.45) is 3.93. The highest BCUT2D eigenvalue weighted by molar-refractivity contribution is 5.95. The number of rotatable bonds is 6. The number of amides is 1. The highest BCUT2D eigenvalue weighted by Crippen LogP contribution is 2.38.